The van der Waals surface area contributed by atoms with Crippen LogP contribution in [0.2, 0.25) is 5.02 Å². The summed E-state index contributed by atoms with van der Waals surface area (Å²) in [5.41, 5.74) is 1.25. The molecule has 3 heteroatoms. The van der Waals surface area contributed by atoms with Crippen molar-refractivity contribution in [1.82, 2.24) is 5.32 Å². The van der Waals surface area contributed by atoms with Crippen LogP contribution in [0.15, 0.2) is 24.3 Å². The Morgan fingerprint density at radius 1 is 1.05 bits per heavy atom. The van der Waals surface area contributed by atoms with Gasteiger partial charge in [0.2, 0.25) is 0 Å². The summed E-state index contributed by atoms with van der Waals surface area (Å²) >= 11 is 5.87. The van der Waals surface area contributed by atoms with Crippen LogP contribution in [-0.4, -0.2) is 12.5 Å². The van der Waals surface area contributed by atoms with Gasteiger partial charge in [-0.1, -0.05) is 11.6 Å². The monoisotopic (exact) mass is 317 g/mol. The first-order valence-electron chi connectivity index (χ1n) is 8.66. The van der Waals surface area contributed by atoms with E-state index >= 15 is 0 Å². The van der Waals surface area contributed by atoms with Crippen molar-refractivity contribution in [2.45, 2.75) is 44.9 Å². The normalized spacial score (nSPS) is 35.6. The molecule has 1 amide bonds. The molecule has 0 saturated heterocycles. The van der Waals surface area contributed by atoms with E-state index in [4.69, 9.17) is 11.6 Å². The first-order valence-corrected chi connectivity index (χ1v) is 9.03. The summed E-state index contributed by atoms with van der Waals surface area (Å²) in [6.45, 7) is 0.813. The number of hydrogen-bond donors (Lipinski definition) is 1. The number of hydrogen-bond acceptors (Lipinski definition) is 1. The Morgan fingerprint density at radius 3 is 2.14 bits per heavy atom. The van der Waals surface area contributed by atoms with Gasteiger partial charge in [-0.3, -0.25) is 4.79 Å². The zero-order chi connectivity index (χ0) is 15.2. The van der Waals surface area contributed by atoms with Crippen LogP contribution >= 0.6 is 11.6 Å². The second kappa shape index (κ2) is 5.56. The molecule has 4 fully saturated rings. The van der Waals surface area contributed by atoms with E-state index in [-0.39, 0.29) is 5.91 Å². The molecular weight excluding hydrogens is 294 g/mol. The van der Waals surface area contributed by atoms with Crippen LogP contribution in [0.25, 0.3) is 0 Å². The fourth-order valence-electron chi connectivity index (χ4n) is 5.74. The van der Waals surface area contributed by atoms with Crippen molar-refractivity contribution in [1.29, 1.82) is 0 Å². The zero-order valence-corrected chi connectivity index (χ0v) is 13.7. The maximum Gasteiger partial charge on any atom is 0.251 e. The lowest BCUT2D eigenvalue weighted by atomic mass is 9.49. The number of carbonyl (C=O) groups is 1. The van der Waals surface area contributed by atoms with Crippen LogP contribution < -0.4 is 5.32 Å². The van der Waals surface area contributed by atoms with Gasteiger partial charge in [-0.2, -0.15) is 0 Å². The highest BCUT2D eigenvalue weighted by Gasteiger charge is 2.50. The van der Waals surface area contributed by atoms with E-state index in [0.29, 0.717) is 16.0 Å². The third kappa shape index (κ3) is 2.78. The molecule has 0 heterocycles. The van der Waals surface area contributed by atoms with Crippen molar-refractivity contribution >= 4 is 17.5 Å². The molecular formula is C19H24ClNO. The predicted octanol–water partition coefficient (Wildman–Crippen LogP) is 4.68. The fraction of sp³-hybridized carbons (Fsp3) is 0.632. The first kappa shape index (κ1) is 14.6. The van der Waals surface area contributed by atoms with Crippen molar-refractivity contribution in [3.05, 3.63) is 34.9 Å². The molecule has 4 aliphatic rings. The van der Waals surface area contributed by atoms with Crippen LogP contribution in [0.5, 0.6) is 0 Å². The third-order valence-electron chi connectivity index (χ3n) is 6.21. The second-order valence-corrected chi connectivity index (χ2v) is 8.37. The van der Waals surface area contributed by atoms with Crippen LogP contribution in [0.4, 0.5) is 0 Å². The van der Waals surface area contributed by atoms with E-state index in [2.05, 4.69) is 5.32 Å². The molecule has 4 saturated carbocycles. The van der Waals surface area contributed by atoms with Crippen molar-refractivity contribution in [3.8, 4) is 0 Å². The Kier molecular flexibility index (Phi) is 3.68. The molecule has 2 nitrogen and oxygen atoms in total. The third-order valence-corrected chi connectivity index (χ3v) is 6.46. The zero-order valence-electron chi connectivity index (χ0n) is 13.0. The molecule has 118 valence electrons. The van der Waals surface area contributed by atoms with Gasteiger partial charge in [0.25, 0.3) is 5.91 Å². The lowest BCUT2D eigenvalue weighted by Crippen LogP contribution is -2.47. The minimum absolute atomic E-state index is 0.0291. The molecule has 0 unspecified atom stereocenters. The number of amides is 1. The fourth-order valence-corrected chi connectivity index (χ4v) is 5.87. The molecule has 0 aliphatic heterocycles. The topological polar surface area (TPSA) is 29.1 Å². The van der Waals surface area contributed by atoms with Gasteiger partial charge in [-0.15, -0.1) is 0 Å². The van der Waals surface area contributed by atoms with Crippen LogP contribution in [0.1, 0.15) is 55.3 Å². The SMILES string of the molecule is O=C(NCCC12CC3CC(CC(C3)C1)C2)c1ccc(Cl)cc1. The molecule has 0 radical (unpaired) electrons. The van der Waals surface area contributed by atoms with Gasteiger partial charge >= 0.3 is 0 Å². The predicted molar refractivity (Wildman–Crippen MR) is 89.0 cm³/mol. The Hall–Kier alpha value is -1.02. The Morgan fingerprint density at radius 2 is 1.59 bits per heavy atom. The molecule has 1 N–H and O–H groups in total. The van der Waals surface area contributed by atoms with Gasteiger partial charge in [0, 0.05) is 17.1 Å². The van der Waals surface area contributed by atoms with E-state index in [1.54, 1.807) is 24.3 Å². The number of halogens is 1. The van der Waals surface area contributed by atoms with E-state index in [1.165, 1.54) is 38.5 Å². The summed E-state index contributed by atoms with van der Waals surface area (Å²) in [5, 5.41) is 3.78. The Labute approximate surface area is 137 Å². The van der Waals surface area contributed by atoms with E-state index < -0.39 is 0 Å². The smallest absolute Gasteiger partial charge is 0.251 e. The van der Waals surface area contributed by atoms with Crippen molar-refractivity contribution in [2.75, 3.05) is 6.54 Å². The average Bonchev–Trinajstić information content (AvgIpc) is 2.46. The van der Waals surface area contributed by atoms with Gasteiger partial charge in [0.15, 0.2) is 0 Å². The van der Waals surface area contributed by atoms with E-state index in [9.17, 15) is 4.79 Å². The first-order chi connectivity index (χ1) is 10.6. The second-order valence-electron chi connectivity index (χ2n) is 7.93. The molecule has 0 spiro atoms. The summed E-state index contributed by atoms with van der Waals surface area (Å²) in [6.07, 6.45) is 9.85. The summed E-state index contributed by atoms with van der Waals surface area (Å²) in [4.78, 5) is 12.2. The number of rotatable bonds is 4. The molecule has 4 bridgehead atoms. The minimum Gasteiger partial charge on any atom is -0.352 e. The molecule has 5 rings (SSSR count). The van der Waals surface area contributed by atoms with Crippen LogP contribution in [-0.2, 0) is 0 Å². The molecule has 1 aromatic rings. The Balaban J connectivity index is 1.33. The summed E-state index contributed by atoms with van der Waals surface area (Å²) < 4.78 is 0. The highest BCUT2D eigenvalue weighted by molar-refractivity contribution is 6.30. The lowest BCUT2D eigenvalue weighted by Gasteiger charge is -2.57. The van der Waals surface area contributed by atoms with Gasteiger partial charge in [-0.25, -0.2) is 0 Å². The maximum atomic E-state index is 12.2. The number of benzene rings is 1. The van der Waals surface area contributed by atoms with E-state index in [0.717, 1.165) is 30.7 Å². The van der Waals surface area contributed by atoms with Gasteiger partial charge in [-0.05, 0) is 92.4 Å². The molecule has 0 aromatic heterocycles. The lowest BCUT2D eigenvalue weighted by molar-refractivity contribution is -0.0564. The molecule has 22 heavy (non-hydrogen) atoms. The average molecular weight is 318 g/mol. The highest BCUT2D eigenvalue weighted by Crippen LogP contribution is 2.61. The molecule has 4 aliphatic carbocycles. The van der Waals surface area contributed by atoms with Gasteiger partial charge in [0.05, 0.1) is 0 Å². The number of nitrogens with one attached hydrogen (secondary N) is 1. The highest BCUT2D eigenvalue weighted by atomic mass is 35.5. The number of carbonyl (C=O) groups excluding carboxylic acids is 1. The van der Waals surface area contributed by atoms with Crippen molar-refractivity contribution < 1.29 is 4.79 Å². The van der Waals surface area contributed by atoms with Gasteiger partial charge < -0.3 is 5.32 Å². The summed E-state index contributed by atoms with van der Waals surface area (Å²) in [5.74, 6) is 2.98. The van der Waals surface area contributed by atoms with Crippen molar-refractivity contribution in [2.24, 2.45) is 23.2 Å². The standard InChI is InChI=1S/C19H24ClNO/c20-17-3-1-16(2-4-17)18(22)21-6-5-19-10-13-7-14(11-19)9-15(8-13)12-19/h1-4,13-15H,5-12H2,(H,21,22). The molecule has 1 aromatic carbocycles. The van der Waals surface area contributed by atoms with Crippen LogP contribution in [0, 0.1) is 23.2 Å². The quantitative estimate of drug-likeness (QED) is 0.858. The minimum atomic E-state index is 0.0291. The van der Waals surface area contributed by atoms with Gasteiger partial charge in [0.1, 0.15) is 0 Å². The van der Waals surface area contributed by atoms with Crippen molar-refractivity contribution in [3.63, 3.8) is 0 Å². The largest absolute Gasteiger partial charge is 0.352 e. The van der Waals surface area contributed by atoms with E-state index in [1.807, 2.05) is 0 Å². The Bertz CT molecular complexity index is 530. The van der Waals surface area contributed by atoms with Crippen LogP contribution in [0.3, 0.4) is 0 Å². The molecule has 0 atom stereocenters. The maximum absolute atomic E-state index is 12.2. The summed E-state index contributed by atoms with van der Waals surface area (Å²) in [7, 11) is 0. The summed E-state index contributed by atoms with van der Waals surface area (Å²) in [6, 6.07) is 7.13.